The van der Waals surface area contributed by atoms with Gasteiger partial charge < -0.3 is 4.98 Å². The largest absolute Gasteiger partial charge is 0.351 e. The predicted octanol–water partition coefficient (Wildman–Crippen LogP) is 4.75. The fourth-order valence-corrected chi connectivity index (χ4v) is 2.32. The molecule has 0 amide bonds. The van der Waals surface area contributed by atoms with Gasteiger partial charge in [0, 0.05) is 16.2 Å². The van der Waals surface area contributed by atoms with Gasteiger partial charge >= 0.3 is 0 Å². The van der Waals surface area contributed by atoms with Gasteiger partial charge in [-0.15, -0.1) is 0 Å². The van der Waals surface area contributed by atoms with E-state index in [1.165, 1.54) is 0 Å². The molecule has 0 spiro atoms. The van der Waals surface area contributed by atoms with Crippen molar-refractivity contribution in [1.82, 2.24) is 9.97 Å². The number of imidazole rings is 1. The zero-order valence-corrected chi connectivity index (χ0v) is 11.4. The number of nitrogens with zero attached hydrogens (tertiary/aromatic N) is 1. The minimum atomic E-state index is 0.749. The molecule has 0 radical (unpaired) electrons. The maximum Gasteiger partial charge on any atom is 0.0927 e. The minimum Gasteiger partial charge on any atom is -0.351 e. The van der Waals surface area contributed by atoms with Crippen LogP contribution in [-0.4, -0.2) is 9.97 Å². The van der Waals surface area contributed by atoms with Crippen LogP contribution in [0.4, 0.5) is 0 Å². The van der Waals surface area contributed by atoms with Crippen molar-refractivity contribution in [2.75, 3.05) is 0 Å². The molecule has 1 aromatic carbocycles. The Balaban J connectivity index is 1.82. The molecule has 18 heavy (non-hydrogen) atoms. The smallest absolute Gasteiger partial charge is 0.0927 e. The molecule has 0 aliphatic rings. The lowest BCUT2D eigenvalue weighted by molar-refractivity contribution is 0.845. The Kier molecular flexibility index (Phi) is 4.85. The Morgan fingerprint density at radius 3 is 2.67 bits per heavy atom. The number of rotatable bonds is 5. The molecular formula is C14H14Cl2N2. The molecule has 1 heterocycles. The van der Waals surface area contributed by atoms with Gasteiger partial charge in [0.05, 0.1) is 12.0 Å². The van der Waals surface area contributed by atoms with Crippen LogP contribution < -0.4 is 0 Å². The molecule has 1 N–H and O–H groups in total. The van der Waals surface area contributed by atoms with Gasteiger partial charge in [0.1, 0.15) is 0 Å². The maximum absolute atomic E-state index is 6.11. The Labute approximate surface area is 117 Å². The van der Waals surface area contributed by atoms with Gasteiger partial charge in [-0.3, -0.25) is 0 Å². The van der Waals surface area contributed by atoms with E-state index in [-0.39, 0.29) is 0 Å². The number of benzene rings is 1. The van der Waals surface area contributed by atoms with Crippen molar-refractivity contribution in [3.8, 4) is 0 Å². The monoisotopic (exact) mass is 280 g/mol. The van der Waals surface area contributed by atoms with E-state index in [0.29, 0.717) is 0 Å². The third-order valence-electron chi connectivity index (χ3n) is 2.67. The highest BCUT2D eigenvalue weighted by Crippen LogP contribution is 2.25. The molecule has 0 aliphatic carbocycles. The van der Waals surface area contributed by atoms with Crippen molar-refractivity contribution < 1.29 is 0 Å². The average Bonchev–Trinajstić information content (AvgIpc) is 2.85. The van der Waals surface area contributed by atoms with Crippen LogP contribution in [0.1, 0.15) is 24.1 Å². The van der Waals surface area contributed by atoms with E-state index in [2.05, 4.69) is 16.0 Å². The standard InChI is InChI=1S/C14H14Cl2N2/c15-13-7-4-8-14(16)12(13)6-3-1-2-5-11-9-17-10-18-11/h2,4-5,7-10H,1,3,6H2,(H,17,18). The molecule has 0 aliphatic heterocycles. The highest BCUT2D eigenvalue weighted by Gasteiger charge is 2.03. The first kappa shape index (κ1) is 13.2. The number of hydrogen-bond donors (Lipinski definition) is 1. The van der Waals surface area contributed by atoms with E-state index in [4.69, 9.17) is 23.2 Å². The molecule has 2 aromatic rings. The molecule has 2 nitrogen and oxygen atoms in total. The fraction of sp³-hybridized carbons (Fsp3) is 0.214. The van der Waals surface area contributed by atoms with Gasteiger partial charge in [0.15, 0.2) is 0 Å². The molecule has 0 saturated heterocycles. The third kappa shape index (κ3) is 3.62. The predicted molar refractivity (Wildman–Crippen MR) is 77.0 cm³/mol. The van der Waals surface area contributed by atoms with Crippen LogP contribution >= 0.6 is 23.2 Å². The normalized spacial score (nSPS) is 11.2. The van der Waals surface area contributed by atoms with Gasteiger partial charge in [-0.05, 0) is 43.0 Å². The third-order valence-corrected chi connectivity index (χ3v) is 3.38. The highest BCUT2D eigenvalue weighted by atomic mass is 35.5. The summed E-state index contributed by atoms with van der Waals surface area (Å²) in [5, 5.41) is 1.50. The topological polar surface area (TPSA) is 28.7 Å². The van der Waals surface area contributed by atoms with Crippen LogP contribution in [0.25, 0.3) is 6.08 Å². The van der Waals surface area contributed by atoms with Crippen LogP contribution in [-0.2, 0) is 6.42 Å². The van der Waals surface area contributed by atoms with Gasteiger partial charge in [-0.2, -0.15) is 0 Å². The molecule has 0 atom stereocenters. The van der Waals surface area contributed by atoms with E-state index in [0.717, 1.165) is 40.6 Å². The van der Waals surface area contributed by atoms with Gasteiger partial charge in [-0.25, -0.2) is 4.98 Å². The van der Waals surface area contributed by atoms with Crippen LogP contribution in [0.15, 0.2) is 36.8 Å². The van der Waals surface area contributed by atoms with E-state index >= 15 is 0 Å². The molecule has 2 rings (SSSR count). The summed E-state index contributed by atoms with van der Waals surface area (Å²) in [6, 6.07) is 5.62. The van der Waals surface area contributed by atoms with Crippen molar-refractivity contribution in [2.24, 2.45) is 0 Å². The number of unbranched alkanes of at least 4 members (excludes halogenated alkanes) is 1. The summed E-state index contributed by atoms with van der Waals surface area (Å²) < 4.78 is 0. The molecular weight excluding hydrogens is 267 g/mol. The van der Waals surface area contributed by atoms with Crippen molar-refractivity contribution in [3.05, 3.63) is 58.1 Å². The summed E-state index contributed by atoms with van der Waals surface area (Å²) in [7, 11) is 0. The van der Waals surface area contributed by atoms with Gasteiger partial charge in [0.25, 0.3) is 0 Å². The van der Waals surface area contributed by atoms with Gasteiger partial charge in [-0.1, -0.05) is 35.3 Å². The first-order valence-electron chi connectivity index (χ1n) is 5.85. The molecule has 0 saturated carbocycles. The van der Waals surface area contributed by atoms with Crippen LogP contribution in [0.3, 0.4) is 0 Å². The number of nitrogens with one attached hydrogen (secondary N) is 1. The van der Waals surface area contributed by atoms with E-state index < -0.39 is 0 Å². The lowest BCUT2D eigenvalue weighted by Crippen LogP contribution is -1.87. The zero-order chi connectivity index (χ0) is 12.8. The molecule has 4 heteroatoms. The van der Waals surface area contributed by atoms with E-state index in [1.807, 2.05) is 30.5 Å². The van der Waals surface area contributed by atoms with Crippen molar-refractivity contribution in [1.29, 1.82) is 0 Å². The quantitative estimate of drug-likeness (QED) is 0.787. The lowest BCUT2D eigenvalue weighted by atomic mass is 10.1. The summed E-state index contributed by atoms with van der Waals surface area (Å²) in [6.45, 7) is 0. The Morgan fingerprint density at radius 2 is 2.00 bits per heavy atom. The second-order valence-corrected chi connectivity index (χ2v) is 4.80. The molecule has 0 fully saturated rings. The number of aromatic amines is 1. The number of hydrogen-bond acceptors (Lipinski definition) is 1. The molecule has 94 valence electrons. The van der Waals surface area contributed by atoms with E-state index in [9.17, 15) is 0 Å². The summed E-state index contributed by atoms with van der Waals surface area (Å²) in [6.07, 6.45) is 10.5. The second kappa shape index (κ2) is 6.62. The molecule has 0 bridgehead atoms. The average molecular weight is 281 g/mol. The first-order valence-corrected chi connectivity index (χ1v) is 6.61. The number of aromatic nitrogens is 2. The Morgan fingerprint density at radius 1 is 1.22 bits per heavy atom. The summed E-state index contributed by atoms with van der Waals surface area (Å²) in [5.41, 5.74) is 1.99. The summed E-state index contributed by atoms with van der Waals surface area (Å²) in [4.78, 5) is 7.03. The Hall–Kier alpha value is -1.25. The number of allylic oxidation sites excluding steroid dienone is 1. The SMILES string of the molecule is Clc1cccc(Cl)c1CCCC=Cc1c[nH]cn1. The van der Waals surface area contributed by atoms with Crippen LogP contribution in [0.2, 0.25) is 10.0 Å². The zero-order valence-electron chi connectivity index (χ0n) is 9.87. The molecule has 1 aromatic heterocycles. The Bertz CT molecular complexity index is 498. The summed E-state index contributed by atoms with van der Waals surface area (Å²) in [5.74, 6) is 0. The fourth-order valence-electron chi connectivity index (χ4n) is 1.73. The van der Waals surface area contributed by atoms with Crippen LogP contribution in [0.5, 0.6) is 0 Å². The first-order chi connectivity index (χ1) is 8.77. The minimum absolute atomic E-state index is 0.749. The molecule has 0 unspecified atom stereocenters. The van der Waals surface area contributed by atoms with Crippen molar-refractivity contribution >= 4 is 29.3 Å². The van der Waals surface area contributed by atoms with E-state index in [1.54, 1.807) is 6.33 Å². The lowest BCUT2D eigenvalue weighted by Gasteiger charge is -2.05. The van der Waals surface area contributed by atoms with Crippen molar-refractivity contribution in [3.63, 3.8) is 0 Å². The van der Waals surface area contributed by atoms with Gasteiger partial charge in [0.2, 0.25) is 0 Å². The van der Waals surface area contributed by atoms with Crippen LogP contribution in [0, 0.1) is 0 Å². The second-order valence-electron chi connectivity index (χ2n) is 3.99. The number of H-pyrrole nitrogens is 1. The maximum atomic E-state index is 6.11. The van der Waals surface area contributed by atoms with Crippen molar-refractivity contribution in [2.45, 2.75) is 19.3 Å². The summed E-state index contributed by atoms with van der Waals surface area (Å²) >= 11 is 12.2. The highest BCUT2D eigenvalue weighted by molar-refractivity contribution is 6.35. The number of halogens is 2.